The Morgan fingerprint density at radius 3 is 2.50 bits per heavy atom. The van der Waals surface area contributed by atoms with Crippen LogP contribution in [0.25, 0.3) is 0 Å². The van der Waals surface area contributed by atoms with Gasteiger partial charge in [-0.25, -0.2) is 9.97 Å². The van der Waals surface area contributed by atoms with E-state index >= 15 is 0 Å². The molecule has 2 aliphatic rings. The molecule has 4 nitrogen and oxygen atoms in total. The predicted octanol–water partition coefficient (Wildman–Crippen LogP) is 3.25. The van der Waals surface area contributed by atoms with E-state index in [4.69, 9.17) is 4.98 Å². The first kappa shape index (κ1) is 15.7. The van der Waals surface area contributed by atoms with E-state index in [1.807, 2.05) is 0 Å². The minimum Gasteiger partial charge on any atom is -0.356 e. The summed E-state index contributed by atoms with van der Waals surface area (Å²) < 4.78 is 0. The van der Waals surface area contributed by atoms with E-state index in [9.17, 15) is 0 Å². The molecule has 0 bridgehead atoms. The van der Waals surface area contributed by atoms with E-state index in [1.165, 1.54) is 38.8 Å². The van der Waals surface area contributed by atoms with Crippen LogP contribution in [-0.4, -0.2) is 41.0 Å². The number of aromatic nitrogens is 2. The molecule has 2 atom stereocenters. The summed E-state index contributed by atoms with van der Waals surface area (Å²) in [7, 11) is 0. The Balaban J connectivity index is 1.72. The van der Waals surface area contributed by atoms with Gasteiger partial charge in [-0.15, -0.1) is 0 Å². The lowest BCUT2D eigenvalue weighted by Gasteiger charge is -2.33. The molecule has 2 aliphatic heterocycles. The van der Waals surface area contributed by atoms with Gasteiger partial charge < -0.3 is 4.90 Å². The van der Waals surface area contributed by atoms with Crippen LogP contribution < -0.4 is 4.90 Å². The van der Waals surface area contributed by atoms with Crippen LogP contribution in [0.15, 0.2) is 6.07 Å². The Labute approximate surface area is 134 Å². The molecule has 4 heteroatoms. The minimum atomic E-state index is 0.774. The van der Waals surface area contributed by atoms with Gasteiger partial charge in [-0.1, -0.05) is 13.8 Å². The molecule has 2 saturated heterocycles. The van der Waals surface area contributed by atoms with Crippen molar-refractivity contribution in [1.82, 2.24) is 14.9 Å². The lowest BCUT2D eigenvalue weighted by Crippen LogP contribution is -2.36. The zero-order valence-corrected chi connectivity index (χ0v) is 14.4. The third-order valence-electron chi connectivity index (χ3n) is 4.97. The maximum atomic E-state index is 4.88. The molecule has 0 aromatic carbocycles. The molecule has 0 aliphatic carbocycles. The minimum absolute atomic E-state index is 0.774. The number of piperidine rings is 2. The van der Waals surface area contributed by atoms with E-state index < -0.39 is 0 Å². The largest absolute Gasteiger partial charge is 0.356 e. The smallest absolute Gasteiger partial charge is 0.144 e. The van der Waals surface area contributed by atoms with Gasteiger partial charge in [0.05, 0.1) is 6.54 Å². The number of hydrogen-bond acceptors (Lipinski definition) is 4. The molecular formula is C18H30N4. The van der Waals surface area contributed by atoms with Crippen molar-refractivity contribution in [3.05, 3.63) is 17.6 Å². The summed E-state index contributed by atoms with van der Waals surface area (Å²) in [6.45, 7) is 12.4. The van der Waals surface area contributed by atoms with Gasteiger partial charge in [0.2, 0.25) is 0 Å². The zero-order chi connectivity index (χ0) is 15.5. The Bertz CT molecular complexity index is 502. The molecule has 22 heavy (non-hydrogen) atoms. The van der Waals surface area contributed by atoms with Gasteiger partial charge in [0, 0.05) is 31.4 Å². The van der Waals surface area contributed by atoms with E-state index in [2.05, 4.69) is 41.6 Å². The summed E-state index contributed by atoms with van der Waals surface area (Å²) in [5, 5.41) is 0. The van der Waals surface area contributed by atoms with E-state index in [0.717, 1.165) is 48.8 Å². The fourth-order valence-corrected chi connectivity index (χ4v) is 3.87. The summed E-state index contributed by atoms with van der Waals surface area (Å²) >= 11 is 0. The van der Waals surface area contributed by atoms with E-state index in [1.54, 1.807) is 0 Å². The fraction of sp³-hybridized carbons (Fsp3) is 0.778. The SMILES string of the molecule is Cc1cc(N2CCC[C@@H](C)C2)nc(CN2CCC[C@@H](C)C2)n1. The van der Waals surface area contributed by atoms with Crippen LogP contribution in [0.1, 0.15) is 51.0 Å². The van der Waals surface area contributed by atoms with E-state index in [0.29, 0.717) is 0 Å². The third-order valence-corrected chi connectivity index (χ3v) is 4.97. The summed E-state index contributed by atoms with van der Waals surface area (Å²) in [4.78, 5) is 14.5. The van der Waals surface area contributed by atoms with Gasteiger partial charge >= 0.3 is 0 Å². The first-order valence-corrected chi connectivity index (χ1v) is 8.92. The second-order valence-corrected chi connectivity index (χ2v) is 7.46. The van der Waals surface area contributed by atoms with Crippen molar-refractivity contribution in [1.29, 1.82) is 0 Å². The molecule has 3 heterocycles. The molecule has 2 fully saturated rings. The molecule has 1 aromatic heterocycles. The Kier molecular flexibility index (Phi) is 4.97. The van der Waals surface area contributed by atoms with Crippen LogP contribution in [0.4, 0.5) is 5.82 Å². The van der Waals surface area contributed by atoms with Gasteiger partial charge in [-0.2, -0.15) is 0 Å². The standard InChI is InChI=1S/C18H30N4/c1-14-6-4-8-21(11-14)13-17-19-16(3)10-18(20-17)22-9-5-7-15(2)12-22/h10,14-15H,4-9,11-13H2,1-3H3/t14-,15-/m1/s1. The van der Waals surface area contributed by atoms with Gasteiger partial charge in [-0.05, 0) is 51.0 Å². The average Bonchev–Trinajstić information content (AvgIpc) is 2.46. The molecule has 0 spiro atoms. The van der Waals surface area contributed by atoms with Crippen molar-refractivity contribution in [2.24, 2.45) is 11.8 Å². The van der Waals surface area contributed by atoms with Gasteiger partial charge in [0.15, 0.2) is 0 Å². The number of hydrogen-bond donors (Lipinski definition) is 0. The summed E-state index contributed by atoms with van der Waals surface area (Å²) in [5.41, 5.74) is 1.10. The highest BCUT2D eigenvalue weighted by molar-refractivity contribution is 5.40. The summed E-state index contributed by atoms with van der Waals surface area (Å²) in [6.07, 6.45) is 5.30. The zero-order valence-electron chi connectivity index (χ0n) is 14.4. The number of nitrogens with zero attached hydrogens (tertiary/aromatic N) is 4. The van der Waals surface area contributed by atoms with Gasteiger partial charge in [-0.3, -0.25) is 4.90 Å². The molecule has 0 radical (unpaired) electrons. The van der Waals surface area contributed by atoms with Gasteiger partial charge in [0.25, 0.3) is 0 Å². The van der Waals surface area contributed by atoms with E-state index in [-0.39, 0.29) is 0 Å². The Morgan fingerprint density at radius 2 is 1.77 bits per heavy atom. The molecule has 0 unspecified atom stereocenters. The summed E-state index contributed by atoms with van der Waals surface area (Å²) in [6, 6.07) is 2.15. The molecule has 0 saturated carbocycles. The van der Waals surface area contributed by atoms with Crippen LogP contribution in [0, 0.1) is 18.8 Å². The normalized spacial score (nSPS) is 27.1. The van der Waals surface area contributed by atoms with Crippen molar-refractivity contribution < 1.29 is 0 Å². The highest BCUT2D eigenvalue weighted by Gasteiger charge is 2.20. The quantitative estimate of drug-likeness (QED) is 0.858. The Hall–Kier alpha value is -1.16. The first-order chi connectivity index (χ1) is 10.6. The topological polar surface area (TPSA) is 32.3 Å². The monoisotopic (exact) mass is 302 g/mol. The second kappa shape index (κ2) is 6.95. The van der Waals surface area contributed by atoms with Crippen molar-refractivity contribution in [3.8, 4) is 0 Å². The number of rotatable bonds is 3. The maximum absolute atomic E-state index is 4.88. The van der Waals surface area contributed by atoms with Gasteiger partial charge in [0.1, 0.15) is 11.6 Å². The van der Waals surface area contributed by atoms with Crippen LogP contribution in [-0.2, 0) is 6.54 Å². The lowest BCUT2D eigenvalue weighted by atomic mass is 10.0. The van der Waals surface area contributed by atoms with Crippen LogP contribution >= 0.6 is 0 Å². The van der Waals surface area contributed by atoms with Crippen LogP contribution in [0.3, 0.4) is 0 Å². The van der Waals surface area contributed by atoms with Crippen molar-refractivity contribution >= 4 is 5.82 Å². The number of aryl methyl sites for hydroxylation is 1. The molecule has 0 N–H and O–H groups in total. The molecule has 0 amide bonds. The first-order valence-electron chi connectivity index (χ1n) is 8.92. The molecular weight excluding hydrogens is 272 g/mol. The summed E-state index contributed by atoms with van der Waals surface area (Å²) in [5.74, 6) is 3.72. The number of likely N-dealkylation sites (tertiary alicyclic amines) is 1. The lowest BCUT2D eigenvalue weighted by molar-refractivity contribution is 0.173. The molecule has 122 valence electrons. The average molecular weight is 302 g/mol. The predicted molar refractivity (Wildman–Crippen MR) is 91.1 cm³/mol. The van der Waals surface area contributed by atoms with Crippen LogP contribution in [0.5, 0.6) is 0 Å². The Morgan fingerprint density at radius 1 is 1.05 bits per heavy atom. The maximum Gasteiger partial charge on any atom is 0.144 e. The number of anilines is 1. The molecule has 3 rings (SSSR count). The fourth-order valence-electron chi connectivity index (χ4n) is 3.87. The van der Waals surface area contributed by atoms with Crippen molar-refractivity contribution in [2.75, 3.05) is 31.1 Å². The van der Waals surface area contributed by atoms with Crippen molar-refractivity contribution in [2.45, 2.75) is 53.0 Å². The third kappa shape index (κ3) is 3.97. The second-order valence-electron chi connectivity index (χ2n) is 7.46. The molecule has 1 aromatic rings. The van der Waals surface area contributed by atoms with Crippen molar-refractivity contribution in [3.63, 3.8) is 0 Å². The highest BCUT2D eigenvalue weighted by Crippen LogP contribution is 2.23. The highest BCUT2D eigenvalue weighted by atomic mass is 15.2. The van der Waals surface area contributed by atoms with Crippen LogP contribution in [0.2, 0.25) is 0 Å².